The van der Waals surface area contributed by atoms with Gasteiger partial charge in [0.15, 0.2) is 0 Å². The number of aliphatic hydroxyl groups is 1. The van der Waals surface area contributed by atoms with Crippen LogP contribution in [0.4, 0.5) is 5.82 Å². The molecule has 5 nitrogen and oxygen atoms in total. The van der Waals surface area contributed by atoms with Gasteiger partial charge in [0.1, 0.15) is 5.82 Å². The van der Waals surface area contributed by atoms with Gasteiger partial charge in [0.05, 0.1) is 6.10 Å². The maximum absolute atomic E-state index is 10.2. The van der Waals surface area contributed by atoms with E-state index >= 15 is 0 Å². The summed E-state index contributed by atoms with van der Waals surface area (Å²) in [6, 6.07) is 12.2. The lowest BCUT2D eigenvalue weighted by Gasteiger charge is -2.17. The van der Waals surface area contributed by atoms with Crippen molar-refractivity contribution in [3.8, 4) is 0 Å². The SMILES string of the molecule is C[C@H](CCc1c[nH]c2ccccc12)NC[C@H](O)c1ccc(N)nc1. The minimum absolute atomic E-state index is 0.315. The number of anilines is 1. The number of aromatic amines is 1. The van der Waals surface area contributed by atoms with Crippen LogP contribution >= 0.6 is 0 Å². The fourth-order valence-corrected chi connectivity index (χ4v) is 2.86. The maximum atomic E-state index is 10.2. The molecule has 0 radical (unpaired) electrons. The highest BCUT2D eigenvalue weighted by Crippen LogP contribution is 2.19. The van der Waals surface area contributed by atoms with E-state index in [1.54, 1.807) is 12.3 Å². The number of rotatable bonds is 7. The molecule has 0 bridgehead atoms. The number of hydrogen-bond acceptors (Lipinski definition) is 4. The Morgan fingerprint density at radius 2 is 2.08 bits per heavy atom. The smallest absolute Gasteiger partial charge is 0.123 e. The molecule has 3 rings (SSSR count). The van der Waals surface area contributed by atoms with Crippen molar-refractivity contribution in [2.24, 2.45) is 0 Å². The zero-order chi connectivity index (χ0) is 16.9. The third kappa shape index (κ3) is 3.93. The number of H-pyrrole nitrogens is 1. The number of hydrogen-bond donors (Lipinski definition) is 4. The minimum Gasteiger partial charge on any atom is -0.387 e. The van der Waals surface area contributed by atoms with Gasteiger partial charge in [-0.3, -0.25) is 0 Å². The largest absolute Gasteiger partial charge is 0.387 e. The Kier molecular flexibility index (Phi) is 5.13. The number of nitrogens with two attached hydrogens (primary N) is 1. The summed E-state index contributed by atoms with van der Waals surface area (Å²) in [5.41, 5.74) is 8.86. The highest BCUT2D eigenvalue weighted by Gasteiger charge is 2.11. The van der Waals surface area contributed by atoms with Crippen molar-refractivity contribution in [2.45, 2.75) is 31.9 Å². The van der Waals surface area contributed by atoms with E-state index in [4.69, 9.17) is 5.73 Å². The van der Waals surface area contributed by atoms with Gasteiger partial charge in [-0.25, -0.2) is 4.98 Å². The highest BCUT2D eigenvalue weighted by atomic mass is 16.3. The first-order chi connectivity index (χ1) is 11.6. The zero-order valence-corrected chi connectivity index (χ0v) is 13.9. The number of nitrogen functional groups attached to an aromatic ring is 1. The monoisotopic (exact) mass is 324 g/mol. The van der Waals surface area contributed by atoms with Gasteiger partial charge in [-0.1, -0.05) is 24.3 Å². The zero-order valence-electron chi connectivity index (χ0n) is 13.9. The lowest BCUT2D eigenvalue weighted by molar-refractivity contribution is 0.169. The molecule has 0 unspecified atom stereocenters. The van der Waals surface area contributed by atoms with Crippen LogP contribution in [0.25, 0.3) is 10.9 Å². The predicted octanol–water partition coefficient (Wildman–Crippen LogP) is 2.79. The summed E-state index contributed by atoms with van der Waals surface area (Å²) in [6.07, 6.45) is 5.14. The van der Waals surface area contributed by atoms with Crippen LogP contribution in [0.15, 0.2) is 48.8 Å². The second-order valence-electron chi connectivity index (χ2n) is 6.24. The Balaban J connectivity index is 1.49. The van der Waals surface area contributed by atoms with Crippen molar-refractivity contribution in [3.05, 3.63) is 59.9 Å². The number of pyridine rings is 1. The van der Waals surface area contributed by atoms with Crippen molar-refractivity contribution in [3.63, 3.8) is 0 Å². The van der Waals surface area contributed by atoms with E-state index in [-0.39, 0.29) is 0 Å². The van der Waals surface area contributed by atoms with Crippen LogP contribution in [0, 0.1) is 0 Å². The van der Waals surface area contributed by atoms with Crippen LogP contribution in [0.5, 0.6) is 0 Å². The van der Waals surface area contributed by atoms with E-state index in [9.17, 15) is 5.11 Å². The maximum Gasteiger partial charge on any atom is 0.123 e. The van der Waals surface area contributed by atoms with Crippen LogP contribution < -0.4 is 11.1 Å². The molecule has 2 heterocycles. The second kappa shape index (κ2) is 7.47. The minimum atomic E-state index is -0.575. The lowest BCUT2D eigenvalue weighted by atomic mass is 10.0. The molecule has 0 aliphatic carbocycles. The first kappa shape index (κ1) is 16.5. The third-order valence-electron chi connectivity index (χ3n) is 4.38. The molecule has 1 aromatic carbocycles. The summed E-state index contributed by atoms with van der Waals surface area (Å²) in [5, 5.41) is 14.9. The number of nitrogens with one attached hydrogen (secondary N) is 2. The van der Waals surface area contributed by atoms with E-state index < -0.39 is 6.10 Å². The van der Waals surface area contributed by atoms with Crippen LogP contribution in [0.2, 0.25) is 0 Å². The number of para-hydroxylation sites is 1. The number of benzene rings is 1. The summed E-state index contributed by atoms with van der Waals surface area (Å²) in [5.74, 6) is 0.464. The Bertz CT molecular complexity index is 781. The van der Waals surface area contributed by atoms with E-state index in [0.29, 0.717) is 18.4 Å². The quantitative estimate of drug-likeness (QED) is 0.538. The number of nitrogens with zero attached hydrogens (tertiary/aromatic N) is 1. The van der Waals surface area contributed by atoms with Crippen molar-refractivity contribution in [1.29, 1.82) is 0 Å². The molecular weight excluding hydrogens is 300 g/mol. The molecular formula is C19H24N4O. The van der Waals surface area contributed by atoms with Crippen molar-refractivity contribution >= 4 is 16.7 Å². The summed E-state index contributed by atoms with van der Waals surface area (Å²) in [4.78, 5) is 7.32. The molecule has 0 aliphatic heterocycles. The van der Waals surface area contributed by atoms with Gasteiger partial charge in [0.25, 0.3) is 0 Å². The molecule has 5 N–H and O–H groups in total. The molecule has 0 amide bonds. The van der Waals surface area contributed by atoms with Crippen LogP contribution in [-0.2, 0) is 6.42 Å². The fourth-order valence-electron chi connectivity index (χ4n) is 2.86. The summed E-state index contributed by atoms with van der Waals surface area (Å²) in [6.45, 7) is 2.64. The Morgan fingerprint density at radius 1 is 1.25 bits per heavy atom. The molecule has 24 heavy (non-hydrogen) atoms. The second-order valence-corrected chi connectivity index (χ2v) is 6.24. The molecule has 126 valence electrons. The number of fused-ring (bicyclic) bond motifs is 1. The van der Waals surface area contributed by atoms with Crippen molar-refractivity contribution in [1.82, 2.24) is 15.3 Å². The van der Waals surface area contributed by atoms with Gasteiger partial charge < -0.3 is 21.1 Å². The normalized spacial score (nSPS) is 13.9. The highest BCUT2D eigenvalue weighted by molar-refractivity contribution is 5.82. The average Bonchev–Trinajstić information content (AvgIpc) is 3.01. The van der Waals surface area contributed by atoms with Gasteiger partial charge in [-0.2, -0.15) is 0 Å². The molecule has 2 aromatic heterocycles. The molecule has 3 aromatic rings. The Morgan fingerprint density at radius 3 is 2.88 bits per heavy atom. The van der Waals surface area contributed by atoms with E-state index in [0.717, 1.165) is 18.4 Å². The van der Waals surface area contributed by atoms with E-state index in [1.807, 2.05) is 12.1 Å². The first-order valence-electron chi connectivity index (χ1n) is 8.31. The van der Waals surface area contributed by atoms with Crippen molar-refractivity contribution in [2.75, 3.05) is 12.3 Å². The van der Waals surface area contributed by atoms with Gasteiger partial charge >= 0.3 is 0 Å². The van der Waals surface area contributed by atoms with Gasteiger partial charge in [0.2, 0.25) is 0 Å². The van der Waals surface area contributed by atoms with Crippen molar-refractivity contribution < 1.29 is 5.11 Å². The van der Waals surface area contributed by atoms with E-state index in [1.165, 1.54) is 16.5 Å². The number of aryl methyl sites for hydroxylation is 1. The Hall–Kier alpha value is -2.37. The topological polar surface area (TPSA) is 87.0 Å². The number of aromatic nitrogens is 2. The van der Waals surface area contributed by atoms with Crippen LogP contribution in [0.3, 0.4) is 0 Å². The van der Waals surface area contributed by atoms with Gasteiger partial charge in [0, 0.05) is 41.4 Å². The predicted molar refractivity (Wildman–Crippen MR) is 97.7 cm³/mol. The number of aliphatic hydroxyl groups excluding tert-OH is 1. The lowest BCUT2D eigenvalue weighted by Crippen LogP contribution is -2.30. The summed E-state index contributed by atoms with van der Waals surface area (Å²) < 4.78 is 0. The van der Waals surface area contributed by atoms with Gasteiger partial charge in [-0.05, 0) is 37.5 Å². The Labute approximate surface area is 141 Å². The molecule has 0 fully saturated rings. The summed E-state index contributed by atoms with van der Waals surface area (Å²) in [7, 11) is 0. The first-order valence-corrected chi connectivity index (χ1v) is 8.31. The van der Waals surface area contributed by atoms with Gasteiger partial charge in [-0.15, -0.1) is 0 Å². The third-order valence-corrected chi connectivity index (χ3v) is 4.38. The molecule has 0 saturated heterocycles. The molecule has 5 heteroatoms. The standard InChI is InChI=1S/C19H24N4O/c1-13(21-12-18(24)15-8-9-19(20)23-11-15)6-7-14-10-22-17-5-3-2-4-16(14)17/h2-5,8-11,13,18,21-22,24H,6-7,12H2,1H3,(H2,20,23)/t13-,18+/m1/s1. The summed E-state index contributed by atoms with van der Waals surface area (Å²) >= 11 is 0. The molecule has 0 spiro atoms. The molecule has 0 saturated carbocycles. The molecule has 2 atom stereocenters. The molecule has 0 aliphatic rings. The fraction of sp³-hybridized carbons (Fsp3) is 0.316. The average molecular weight is 324 g/mol. The van der Waals surface area contributed by atoms with Crippen LogP contribution in [-0.4, -0.2) is 27.7 Å². The van der Waals surface area contributed by atoms with Crippen LogP contribution in [0.1, 0.15) is 30.6 Å². The van der Waals surface area contributed by atoms with E-state index in [2.05, 4.69) is 46.6 Å².